The molecule has 0 spiro atoms. The van der Waals surface area contributed by atoms with Gasteiger partial charge in [-0.15, -0.1) is 0 Å². The molecule has 27 heavy (non-hydrogen) atoms. The second-order valence-corrected chi connectivity index (χ2v) is 8.74. The van der Waals surface area contributed by atoms with Crippen LogP contribution in [0.4, 0.5) is 0 Å². The molecule has 0 bridgehead atoms. The maximum Gasteiger partial charge on any atom is 0.223 e. The first-order valence-corrected chi connectivity index (χ1v) is 10.5. The molecule has 1 atom stereocenters. The van der Waals surface area contributed by atoms with Gasteiger partial charge in [0.1, 0.15) is 5.75 Å². The Morgan fingerprint density at radius 3 is 2.67 bits per heavy atom. The fourth-order valence-electron chi connectivity index (χ4n) is 4.72. The highest BCUT2D eigenvalue weighted by Crippen LogP contribution is 2.40. The molecule has 1 aromatic carbocycles. The topological polar surface area (TPSA) is 61.8 Å². The monoisotopic (exact) mass is 372 g/mol. The van der Waals surface area contributed by atoms with Gasteiger partial charge in [-0.05, 0) is 81.8 Å². The number of aliphatic hydroxyl groups excluding tert-OH is 1. The van der Waals surface area contributed by atoms with Gasteiger partial charge in [-0.25, -0.2) is 0 Å². The van der Waals surface area contributed by atoms with Crippen molar-refractivity contribution in [2.45, 2.75) is 64.1 Å². The number of nitrogens with zero attached hydrogens (tertiary/aromatic N) is 1. The van der Waals surface area contributed by atoms with Crippen molar-refractivity contribution in [1.82, 2.24) is 10.2 Å². The largest absolute Gasteiger partial charge is 0.493 e. The highest BCUT2D eigenvalue weighted by atomic mass is 16.5. The molecule has 148 valence electrons. The zero-order valence-electron chi connectivity index (χ0n) is 16.5. The Kier molecular flexibility index (Phi) is 5.42. The van der Waals surface area contributed by atoms with Gasteiger partial charge in [-0.3, -0.25) is 4.79 Å². The molecule has 0 unspecified atom stereocenters. The second kappa shape index (κ2) is 7.80. The van der Waals surface area contributed by atoms with E-state index in [9.17, 15) is 9.90 Å². The van der Waals surface area contributed by atoms with Crippen molar-refractivity contribution in [3.63, 3.8) is 0 Å². The summed E-state index contributed by atoms with van der Waals surface area (Å²) in [6.45, 7) is 7.18. The summed E-state index contributed by atoms with van der Waals surface area (Å²) in [6.07, 6.45) is 4.12. The van der Waals surface area contributed by atoms with E-state index < -0.39 is 0 Å². The number of carbonyl (C=O) groups excluding carboxylic acids is 1. The summed E-state index contributed by atoms with van der Waals surface area (Å²) in [4.78, 5) is 15.4. The normalized spacial score (nSPS) is 27.0. The summed E-state index contributed by atoms with van der Waals surface area (Å²) in [5.74, 6) is 1.57. The number of rotatable bonds is 5. The molecule has 1 saturated carbocycles. The van der Waals surface area contributed by atoms with E-state index in [2.05, 4.69) is 36.2 Å². The van der Waals surface area contributed by atoms with Crippen LogP contribution >= 0.6 is 0 Å². The molecule has 2 N–H and O–H groups in total. The summed E-state index contributed by atoms with van der Waals surface area (Å²) < 4.78 is 5.62. The van der Waals surface area contributed by atoms with Gasteiger partial charge in [-0.2, -0.15) is 0 Å². The molecule has 5 nitrogen and oxygen atoms in total. The third-order valence-electron chi connectivity index (χ3n) is 6.62. The highest BCUT2D eigenvalue weighted by Gasteiger charge is 2.37. The molecule has 2 aliphatic heterocycles. The number of ether oxygens (including phenoxy) is 1. The lowest BCUT2D eigenvalue weighted by molar-refractivity contribution is -0.128. The Morgan fingerprint density at radius 1 is 1.26 bits per heavy atom. The molecule has 0 radical (unpaired) electrons. The molecule has 1 amide bonds. The lowest BCUT2D eigenvalue weighted by Gasteiger charge is -2.40. The van der Waals surface area contributed by atoms with Crippen LogP contribution in [0.5, 0.6) is 5.75 Å². The first-order valence-electron chi connectivity index (χ1n) is 10.5. The van der Waals surface area contributed by atoms with E-state index in [1.807, 2.05) is 6.07 Å². The van der Waals surface area contributed by atoms with Gasteiger partial charge in [-0.1, -0.05) is 6.07 Å². The maximum absolute atomic E-state index is 13.0. The molecule has 2 fully saturated rings. The summed E-state index contributed by atoms with van der Waals surface area (Å²) in [6, 6.07) is 6.86. The zero-order valence-corrected chi connectivity index (χ0v) is 16.5. The van der Waals surface area contributed by atoms with Crippen molar-refractivity contribution < 1.29 is 14.6 Å². The summed E-state index contributed by atoms with van der Waals surface area (Å²) in [5, 5.41) is 13.1. The van der Waals surface area contributed by atoms with Crippen LogP contribution < -0.4 is 10.1 Å². The van der Waals surface area contributed by atoms with Crippen LogP contribution in [0.25, 0.3) is 0 Å². The molecule has 5 heteroatoms. The molecule has 3 aliphatic rings. The number of piperidine rings is 1. The van der Waals surface area contributed by atoms with Gasteiger partial charge < -0.3 is 20.1 Å². The minimum Gasteiger partial charge on any atom is -0.493 e. The molecular weight excluding hydrogens is 340 g/mol. The third-order valence-corrected chi connectivity index (χ3v) is 6.62. The van der Waals surface area contributed by atoms with Crippen molar-refractivity contribution in [1.29, 1.82) is 0 Å². The fourth-order valence-corrected chi connectivity index (χ4v) is 4.72. The average molecular weight is 373 g/mol. The number of aliphatic hydroxyl groups is 1. The average Bonchev–Trinajstić information content (AvgIpc) is 3.11. The number of carbonyl (C=O) groups is 1. The smallest absolute Gasteiger partial charge is 0.223 e. The summed E-state index contributed by atoms with van der Waals surface area (Å²) in [7, 11) is 0. The van der Waals surface area contributed by atoms with Crippen LogP contribution in [0.1, 0.15) is 56.7 Å². The van der Waals surface area contributed by atoms with E-state index in [4.69, 9.17) is 4.74 Å². The van der Waals surface area contributed by atoms with E-state index >= 15 is 0 Å². The lowest BCUT2D eigenvalue weighted by Crippen LogP contribution is -2.46. The number of likely N-dealkylation sites (tertiary alicyclic amines) is 1. The SMILES string of the molecule is CC(C)N1CCC(C(=O)N[C@@H](c2ccc3c(c2)CCO3)C2CC(O)C2)CC1. The molecule has 1 aliphatic carbocycles. The summed E-state index contributed by atoms with van der Waals surface area (Å²) >= 11 is 0. The minimum absolute atomic E-state index is 0.00470. The molecule has 1 aromatic rings. The molecule has 0 aromatic heterocycles. The number of amides is 1. The van der Waals surface area contributed by atoms with Crippen molar-refractivity contribution in [3.05, 3.63) is 29.3 Å². The molecule has 2 heterocycles. The van der Waals surface area contributed by atoms with Gasteiger partial charge in [0.05, 0.1) is 18.8 Å². The van der Waals surface area contributed by atoms with Crippen molar-refractivity contribution in [2.75, 3.05) is 19.7 Å². The quantitative estimate of drug-likeness (QED) is 0.834. The fraction of sp³-hybridized carbons (Fsp3) is 0.682. The van der Waals surface area contributed by atoms with Crippen molar-refractivity contribution in [2.24, 2.45) is 11.8 Å². The second-order valence-electron chi connectivity index (χ2n) is 8.74. The Hall–Kier alpha value is -1.59. The predicted octanol–water partition coefficient (Wildman–Crippen LogP) is 2.67. The van der Waals surface area contributed by atoms with Gasteiger partial charge in [0.15, 0.2) is 0 Å². The minimum atomic E-state index is -0.221. The third kappa shape index (κ3) is 3.99. The van der Waals surface area contributed by atoms with E-state index in [1.54, 1.807) is 0 Å². The van der Waals surface area contributed by atoms with Crippen LogP contribution in [-0.4, -0.2) is 47.8 Å². The highest BCUT2D eigenvalue weighted by molar-refractivity contribution is 5.79. The first-order chi connectivity index (χ1) is 13.0. The molecular formula is C22H32N2O3. The Labute approximate surface area is 162 Å². The summed E-state index contributed by atoms with van der Waals surface area (Å²) in [5.41, 5.74) is 2.39. The number of hydrogen-bond donors (Lipinski definition) is 2. The Morgan fingerprint density at radius 2 is 2.00 bits per heavy atom. The van der Waals surface area contributed by atoms with Crippen LogP contribution in [0, 0.1) is 11.8 Å². The van der Waals surface area contributed by atoms with E-state index in [0.717, 1.165) is 63.1 Å². The lowest BCUT2D eigenvalue weighted by atomic mass is 9.74. The number of fused-ring (bicyclic) bond motifs is 1. The van der Waals surface area contributed by atoms with Gasteiger partial charge >= 0.3 is 0 Å². The van der Waals surface area contributed by atoms with Gasteiger partial charge in [0.2, 0.25) is 5.91 Å². The van der Waals surface area contributed by atoms with Gasteiger partial charge in [0.25, 0.3) is 0 Å². The maximum atomic E-state index is 13.0. The standard InChI is InChI=1S/C22H32N2O3/c1-14(2)24-8-5-15(6-9-24)22(26)23-21(18-12-19(25)13-18)17-3-4-20-16(11-17)7-10-27-20/h3-4,11,14-15,18-19,21,25H,5-10,12-13H2,1-2H3,(H,23,26)/t18?,19?,21-/m0/s1. The number of benzene rings is 1. The van der Waals surface area contributed by atoms with Crippen LogP contribution in [0.3, 0.4) is 0 Å². The van der Waals surface area contributed by atoms with E-state index in [0.29, 0.717) is 12.0 Å². The van der Waals surface area contributed by atoms with Gasteiger partial charge in [0, 0.05) is 18.4 Å². The van der Waals surface area contributed by atoms with E-state index in [-0.39, 0.29) is 24.0 Å². The number of nitrogens with one attached hydrogen (secondary N) is 1. The first kappa shape index (κ1) is 18.8. The van der Waals surface area contributed by atoms with Crippen LogP contribution in [0.15, 0.2) is 18.2 Å². The molecule has 1 saturated heterocycles. The predicted molar refractivity (Wildman–Crippen MR) is 105 cm³/mol. The molecule has 4 rings (SSSR count). The van der Waals surface area contributed by atoms with Crippen molar-refractivity contribution in [3.8, 4) is 5.75 Å². The van der Waals surface area contributed by atoms with Crippen molar-refractivity contribution >= 4 is 5.91 Å². The zero-order chi connectivity index (χ0) is 19.0. The van der Waals surface area contributed by atoms with Crippen LogP contribution in [0.2, 0.25) is 0 Å². The Balaban J connectivity index is 1.45. The number of hydrogen-bond acceptors (Lipinski definition) is 4. The van der Waals surface area contributed by atoms with Crippen LogP contribution in [-0.2, 0) is 11.2 Å². The van der Waals surface area contributed by atoms with E-state index in [1.165, 1.54) is 5.56 Å². The Bertz CT molecular complexity index is 676.